The van der Waals surface area contributed by atoms with Gasteiger partial charge in [0.05, 0.1) is 12.2 Å². The lowest BCUT2D eigenvalue weighted by atomic mass is 9.99. The molecule has 0 saturated carbocycles. The molecule has 0 unspecified atom stereocenters. The molecular weight excluding hydrogens is 277 g/mol. The third-order valence-electron chi connectivity index (χ3n) is 2.45. The molecule has 0 aliphatic heterocycles. The molecule has 0 fully saturated rings. The van der Waals surface area contributed by atoms with Crippen LogP contribution in [0.15, 0.2) is 0 Å². The maximum absolute atomic E-state index is 12.6. The van der Waals surface area contributed by atoms with Crippen LogP contribution in [0.5, 0.6) is 0 Å². The summed E-state index contributed by atoms with van der Waals surface area (Å²) in [6, 6.07) is 0. The molecule has 0 spiro atoms. The Hall–Kier alpha value is -1.77. The molecule has 1 aromatic rings. The van der Waals surface area contributed by atoms with Gasteiger partial charge in [-0.05, 0) is 12.5 Å². The van der Waals surface area contributed by atoms with E-state index in [0.29, 0.717) is 0 Å². The Morgan fingerprint density at radius 3 is 2.21 bits per heavy atom. The molecule has 0 aliphatic carbocycles. The summed E-state index contributed by atoms with van der Waals surface area (Å²) < 4.78 is 63.1. The number of hydrogen-bond donors (Lipinski definition) is 2. The summed E-state index contributed by atoms with van der Waals surface area (Å²) >= 11 is 0. The lowest BCUT2D eigenvalue weighted by Crippen LogP contribution is -2.19. The molecule has 9 heteroatoms. The molecule has 0 aliphatic rings. The van der Waals surface area contributed by atoms with Crippen LogP contribution in [0.25, 0.3) is 0 Å². The first kappa shape index (κ1) is 15.3. The maximum Gasteiger partial charge on any atom is 0.433 e. The average Bonchev–Trinajstić information content (AvgIpc) is 2.25. The number of nitrogens with zero attached hydrogens (tertiary/aromatic N) is 1. The molecule has 4 nitrogen and oxygen atoms in total. The Labute approximate surface area is 103 Å². The Morgan fingerprint density at radius 1 is 1.37 bits per heavy atom. The molecule has 1 aromatic heterocycles. The van der Waals surface area contributed by atoms with Crippen LogP contribution in [0.2, 0.25) is 0 Å². The maximum atomic E-state index is 12.6. The number of hydrogen-bond acceptors (Lipinski definition) is 3. The molecule has 2 N–H and O–H groups in total. The van der Waals surface area contributed by atoms with E-state index in [1.807, 2.05) is 0 Å². The van der Waals surface area contributed by atoms with Gasteiger partial charge in [-0.2, -0.15) is 13.2 Å². The van der Waals surface area contributed by atoms with Crippen molar-refractivity contribution >= 4 is 5.97 Å². The first-order chi connectivity index (χ1) is 8.61. The number of alkyl halides is 5. The van der Waals surface area contributed by atoms with Crippen LogP contribution in [0.1, 0.15) is 39.3 Å². The number of carboxylic acids is 1. The normalized spacial score (nSPS) is 12.0. The van der Waals surface area contributed by atoms with Gasteiger partial charge in [0.25, 0.3) is 6.43 Å². The van der Waals surface area contributed by atoms with Crippen molar-refractivity contribution in [1.29, 1.82) is 0 Å². The van der Waals surface area contributed by atoms with E-state index >= 15 is 0 Å². The molecule has 0 bridgehead atoms. The molecule has 0 amide bonds. The van der Waals surface area contributed by atoms with Crippen LogP contribution in [0.3, 0.4) is 0 Å². The van der Waals surface area contributed by atoms with Crippen molar-refractivity contribution in [1.82, 2.24) is 4.98 Å². The third-order valence-corrected chi connectivity index (χ3v) is 2.45. The summed E-state index contributed by atoms with van der Waals surface area (Å²) in [4.78, 5) is 13.5. The highest BCUT2D eigenvalue weighted by atomic mass is 19.4. The molecule has 0 aromatic carbocycles. The highest BCUT2D eigenvalue weighted by Crippen LogP contribution is 2.36. The molecule has 106 valence electrons. The van der Waals surface area contributed by atoms with Crippen molar-refractivity contribution in [3.05, 3.63) is 28.1 Å². The molecule has 1 rings (SSSR count). The van der Waals surface area contributed by atoms with E-state index in [1.54, 1.807) is 0 Å². The predicted octanol–water partition coefficient (Wildman–Crippen LogP) is 2.54. The Balaban J connectivity index is 3.76. The van der Waals surface area contributed by atoms with Gasteiger partial charge in [-0.3, -0.25) is 0 Å². The second kappa shape index (κ2) is 5.08. The van der Waals surface area contributed by atoms with E-state index in [0.717, 1.165) is 6.92 Å². The summed E-state index contributed by atoms with van der Waals surface area (Å²) in [5.74, 6) is -1.83. The second-order valence-corrected chi connectivity index (χ2v) is 3.59. The van der Waals surface area contributed by atoms with E-state index < -0.39 is 53.3 Å². The number of pyridine rings is 1. The summed E-state index contributed by atoms with van der Waals surface area (Å²) in [5, 5.41) is 17.7. The number of rotatable bonds is 3. The van der Waals surface area contributed by atoms with Crippen LogP contribution < -0.4 is 0 Å². The summed E-state index contributed by atoms with van der Waals surface area (Å²) in [5.41, 5.74) is -5.59. The standard InChI is InChI=1S/C10H8F5NO3/c1-3-4(2-17)7(10(13,14)15)16-6(8(11)12)5(3)9(18)19/h8,17H,2H2,1H3,(H,18,19). The summed E-state index contributed by atoms with van der Waals surface area (Å²) in [7, 11) is 0. The zero-order valence-electron chi connectivity index (χ0n) is 9.42. The first-order valence-electron chi connectivity index (χ1n) is 4.84. The average molecular weight is 285 g/mol. The molecule has 0 saturated heterocycles. The van der Waals surface area contributed by atoms with Gasteiger partial charge in [-0.15, -0.1) is 0 Å². The van der Waals surface area contributed by atoms with Gasteiger partial charge in [-0.1, -0.05) is 0 Å². The predicted molar refractivity (Wildman–Crippen MR) is 51.8 cm³/mol. The number of aliphatic hydroxyl groups excluding tert-OH is 1. The van der Waals surface area contributed by atoms with Crippen LogP contribution in [0.4, 0.5) is 22.0 Å². The minimum Gasteiger partial charge on any atom is -0.478 e. The topological polar surface area (TPSA) is 70.4 Å². The van der Waals surface area contributed by atoms with Crippen LogP contribution in [-0.4, -0.2) is 21.2 Å². The zero-order valence-corrected chi connectivity index (χ0v) is 9.42. The highest BCUT2D eigenvalue weighted by molar-refractivity contribution is 5.91. The van der Waals surface area contributed by atoms with Gasteiger partial charge < -0.3 is 10.2 Å². The Kier molecular flexibility index (Phi) is 4.09. The van der Waals surface area contributed by atoms with E-state index in [2.05, 4.69) is 4.98 Å². The molecular formula is C10H8F5NO3. The molecule has 0 radical (unpaired) electrons. The van der Waals surface area contributed by atoms with Gasteiger partial charge in [0.15, 0.2) is 5.69 Å². The van der Waals surface area contributed by atoms with E-state index in [1.165, 1.54) is 0 Å². The smallest absolute Gasteiger partial charge is 0.433 e. The monoisotopic (exact) mass is 285 g/mol. The van der Waals surface area contributed by atoms with E-state index in [9.17, 15) is 26.7 Å². The molecule has 1 heterocycles. The number of halogens is 5. The van der Waals surface area contributed by atoms with Crippen LogP contribution in [0, 0.1) is 6.92 Å². The SMILES string of the molecule is Cc1c(CO)c(C(F)(F)F)nc(C(F)F)c1C(=O)O. The first-order valence-corrected chi connectivity index (χ1v) is 4.84. The van der Waals surface area contributed by atoms with Crippen LogP contribution >= 0.6 is 0 Å². The fourth-order valence-corrected chi connectivity index (χ4v) is 1.62. The van der Waals surface area contributed by atoms with Crippen molar-refractivity contribution in [2.75, 3.05) is 0 Å². The highest BCUT2D eigenvalue weighted by Gasteiger charge is 2.39. The van der Waals surface area contributed by atoms with Gasteiger partial charge in [0.2, 0.25) is 0 Å². The van der Waals surface area contributed by atoms with Crippen molar-refractivity contribution in [3.8, 4) is 0 Å². The second-order valence-electron chi connectivity index (χ2n) is 3.59. The molecule has 19 heavy (non-hydrogen) atoms. The van der Waals surface area contributed by atoms with Crippen molar-refractivity contribution in [3.63, 3.8) is 0 Å². The van der Waals surface area contributed by atoms with Crippen LogP contribution in [-0.2, 0) is 12.8 Å². The number of aromatic carboxylic acids is 1. The molecule has 0 atom stereocenters. The van der Waals surface area contributed by atoms with Gasteiger partial charge >= 0.3 is 12.1 Å². The van der Waals surface area contributed by atoms with Gasteiger partial charge in [0, 0.05) is 5.56 Å². The quantitative estimate of drug-likeness (QED) is 0.837. The number of aliphatic hydroxyl groups is 1. The number of carboxylic acid groups (broad SMARTS) is 1. The largest absolute Gasteiger partial charge is 0.478 e. The van der Waals surface area contributed by atoms with E-state index in [-0.39, 0.29) is 0 Å². The summed E-state index contributed by atoms with van der Waals surface area (Å²) in [6.07, 6.45) is -8.54. The number of carbonyl (C=O) groups is 1. The van der Waals surface area contributed by atoms with E-state index in [4.69, 9.17) is 10.2 Å². The number of aromatic nitrogens is 1. The minimum absolute atomic E-state index is 0.576. The van der Waals surface area contributed by atoms with Gasteiger partial charge in [-0.25, -0.2) is 18.6 Å². The third kappa shape index (κ3) is 2.80. The fraction of sp³-hybridized carbons (Fsp3) is 0.400. The summed E-state index contributed by atoms with van der Waals surface area (Å²) in [6.45, 7) is -0.241. The Morgan fingerprint density at radius 2 is 1.89 bits per heavy atom. The lowest BCUT2D eigenvalue weighted by Gasteiger charge is -2.17. The fourth-order valence-electron chi connectivity index (χ4n) is 1.62. The van der Waals surface area contributed by atoms with Crippen molar-refractivity contribution < 1.29 is 37.0 Å². The Bertz CT molecular complexity index is 513. The zero-order chi connectivity index (χ0) is 15.0. The van der Waals surface area contributed by atoms with Crippen molar-refractivity contribution in [2.24, 2.45) is 0 Å². The van der Waals surface area contributed by atoms with Gasteiger partial charge in [0.1, 0.15) is 5.69 Å². The van der Waals surface area contributed by atoms with Crippen molar-refractivity contribution in [2.45, 2.75) is 26.1 Å². The lowest BCUT2D eigenvalue weighted by molar-refractivity contribution is -0.142. The minimum atomic E-state index is -5.07.